The zero-order chi connectivity index (χ0) is 35.8. The molecule has 1 saturated carbocycles. The smallest absolute Gasteiger partial charge is 0.272 e. The zero-order valence-electron chi connectivity index (χ0n) is 29.0. The number of aromatic nitrogens is 4. The molecule has 1 aliphatic heterocycles. The fourth-order valence-corrected chi connectivity index (χ4v) is 8.36. The predicted molar refractivity (Wildman–Crippen MR) is 213 cm³/mol. The molecule has 6 aromatic rings. The molecule has 52 heavy (non-hydrogen) atoms. The second kappa shape index (κ2) is 15.0. The lowest BCUT2D eigenvalue weighted by Gasteiger charge is -2.41. The van der Waals surface area contributed by atoms with Crippen molar-refractivity contribution in [2.24, 2.45) is 0 Å². The third-order valence-electron chi connectivity index (χ3n) is 10.6. The third-order valence-corrected chi connectivity index (χ3v) is 11.3. The number of aromatic amines is 1. The molecule has 2 fully saturated rings. The van der Waals surface area contributed by atoms with Gasteiger partial charge in [0.2, 0.25) is 0 Å². The minimum atomic E-state index is -0.320. The fraction of sp³-hybridized carbons (Fsp3) is 0.293. The lowest BCUT2D eigenvalue weighted by molar-refractivity contribution is 0.102. The topological polar surface area (TPSA) is 82.1 Å². The van der Waals surface area contributed by atoms with Crippen molar-refractivity contribution in [3.05, 3.63) is 118 Å². The SMILES string of the molecule is C[C@@H](c1ccc(Cl)cc1)n1cnc(-c2ccccc2)c1-c1c(C(=O)Nc2cc(Cl)cnc2N2CCN(C3CCCCC3)CC2)[nH]c2cc(Cl)ccc12. The van der Waals surface area contributed by atoms with Gasteiger partial charge in [0, 0.05) is 70.5 Å². The van der Waals surface area contributed by atoms with Gasteiger partial charge < -0.3 is 19.8 Å². The molecule has 1 amide bonds. The fourth-order valence-electron chi connectivity index (χ4n) is 7.90. The summed E-state index contributed by atoms with van der Waals surface area (Å²) in [6.45, 7) is 5.70. The van der Waals surface area contributed by atoms with E-state index in [0.717, 1.165) is 65.2 Å². The Morgan fingerprint density at radius 3 is 2.33 bits per heavy atom. The van der Waals surface area contributed by atoms with Gasteiger partial charge in [0.15, 0.2) is 5.82 Å². The molecule has 1 atom stereocenters. The summed E-state index contributed by atoms with van der Waals surface area (Å²) in [6.07, 6.45) is 10.0. The van der Waals surface area contributed by atoms with E-state index in [1.165, 1.54) is 32.1 Å². The van der Waals surface area contributed by atoms with Crippen LogP contribution in [0.15, 0.2) is 91.4 Å². The number of carbonyl (C=O) groups excluding carboxylic acids is 1. The van der Waals surface area contributed by atoms with E-state index >= 15 is 0 Å². The van der Waals surface area contributed by atoms with Crippen LogP contribution in [0.3, 0.4) is 0 Å². The summed E-state index contributed by atoms with van der Waals surface area (Å²) in [5, 5.41) is 5.74. The Kier molecular flexibility index (Phi) is 9.99. The molecule has 2 N–H and O–H groups in total. The van der Waals surface area contributed by atoms with Gasteiger partial charge in [-0.2, -0.15) is 0 Å². The highest BCUT2D eigenvalue weighted by atomic mass is 35.5. The van der Waals surface area contributed by atoms with Crippen molar-refractivity contribution >= 4 is 63.1 Å². The Hall–Kier alpha value is -4.34. The Morgan fingerprint density at radius 1 is 0.846 bits per heavy atom. The lowest BCUT2D eigenvalue weighted by Crippen LogP contribution is -2.51. The number of halogens is 3. The molecule has 4 heterocycles. The molecule has 0 radical (unpaired) electrons. The molecule has 0 bridgehead atoms. The van der Waals surface area contributed by atoms with Crippen molar-refractivity contribution in [1.82, 2.24) is 24.4 Å². The maximum absolute atomic E-state index is 14.7. The summed E-state index contributed by atoms with van der Waals surface area (Å²) in [4.78, 5) is 32.8. The monoisotopic (exact) mass is 751 g/mol. The molecule has 3 aromatic carbocycles. The van der Waals surface area contributed by atoms with Crippen molar-refractivity contribution in [3.63, 3.8) is 0 Å². The van der Waals surface area contributed by atoms with E-state index in [9.17, 15) is 4.79 Å². The molecule has 3 aromatic heterocycles. The van der Waals surface area contributed by atoms with E-state index in [2.05, 4.69) is 31.6 Å². The van der Waals surface area contributed by atoms with Crippen LogP contribution in [0.5, 0.6) is 0 Å². The molecular weight excluding hydrogens is 713 g/mol. The molecule has 8 nitrogen and oxygen atoms in total. The first-order valence-electron chi connectivity index (χ1n) is 18.0. The van der Waals surface area contributed by atoms with Crippen molar-refractivity contribution in [2.75, 3.05) is 36.4 Å². The van der Waals surface area contributed by atoms with Crippen molar-refractivity contribution in [3.8, 4) is 22.5 Å². The van der Waals surface area contributed by atoms with Gasteiger partial charge in [0.25, 0.3) is 5.91 Å². The van der Waals surface area contributed by atoms with Crippen LogP contribution in [0, 0.1) is 0 Å². The first-order valence-corrected chi connectivity index (χ1v) is 19.1. The summed E-state index contributed by atoms with van der Waals surface area (Å²) in [5.74, 6) is 0.396. The summed E-state index contributed by atoms with van der Waals surface area (Å²) in [5.41, 5.74) is 5.95. The number of hydrogen-bond donors (Lipinski definition) is 2. The number of nitrogens with one attached hydrogen (secondary N) is 2. The van der Waals surface area contributed by atoms with E-state index in [0.29, 0.717) is 38.3 Å². The number of hydrogen-bond acceptors (Lipinski definition) is 5. The van der Waals surface area contributed by atoms with Gasteiger partial charge >= 0.3 is 0 Å². The average Bonchev–Trinajstić information content (AvgIpc) is 3.77. The maximum Gasteiger partial charge on any atom is 0.272 e. The number of carbonyl (C=O) groups is 1. The summed E-state index contributed by atoms with van der Waals surface area (Å²) in [6, 6.07) is 25.8. The van der Waals surface area contributed by atoms with Crippen LogP contribution in [0.2, 0.25) is 15.1 Å². The third kappa shape index (κ3) is 6.93. The van der Waals surface area contributed by atoms with Crippen molar-refractivity contribution in [1.29, 1.82) is 0 Å². The Labute approximate surface area is 318 Å². The molecule has 11 heteroatoms. The molecule has 1 aliphatic carbocycles. The number of benzene rings is 3. The highest BCUT2D eigenvalue weighted by Crippen LogP contribution is 2.42. The maximum atomic E-state index is 14.7. The minimum Gasteiger partial charge on any atom is -0.352 e. The Bertz CT molecular complexity index is 2200. The second-order valence-corrected chi connectivity index (χ2v) is 15.1. The van der Waals surface area contributed by atoms with Crippen LogP contribution < -0.4 is 10.2 Å². The van der Waals surface area contributed by atoms with E-state index < -0.39 is 0 Å². The number of fused-ring (bicyclic) bond motifs is 1. The quantitative estimate of drug-likeness (QED) is 0.162. The van der Waals surface area contributed by atoms with Crippen LogP contribution >= 0.6 is 34.8 Å². The highest BCUT2D eigenvalue weighted by molar-refractivity contribution is 6.32. The average molecular weight is 753 g/mol. The van der Waals surface area contributed by atoms with Crippen LogP contribution in [0.4, 0.5) is 11.5 Å². The number of rotatable bonds is 8. The second-order valence-electron chi connectivity index (χ2n) is 13.8. The number of anilines is 2. The number of nitrogens with zero attached hydrogens (tertiary/aromatic N) is 5. The van der Waals surface area contributed by atoms with Crippen LogP contribution in [-0.4, -0.2) is 62.5 Å². The summed E-state index contributed by atoms with van der Waals surface area (Å²) in [7, 11) is 0. The van der Waals surface area contributed by atoms with Gasteiger partial charge in [0.1, 0.15) is 5.69 Å². The number of piperazine rings is 1. The molecule has 2 aliphatic rings. The van der Waals surface area contributed by atoms with Crippen LogP contribution in [0.1, 0.15) is 61.1 Å². The van der Waals surface area contributed by atoms with E-state index in [-0.39, 0.29) is 11.9 Å². The minimum absolute atomic E-state index is 0.138. The van der Waals surface area contributed by atoms with E-state index in [4.69, 9.17) is 44.8 Å². The molecular formula is C41H40Cl3N7O. The van der Waals surface area contributed by atoms with E-state index in [1.807, 2.05) is 79.1 Å². The number of H-pyrrole nitrogens is 1. The van der Waals surface area contributed by atoms with Gasteiger partial charge in [-0.15, -0.1) is 0 Å². The van der Waals surface area contributed by atoms with Gasteiger partial charge in [-0.1, -0.05) is 103 Å². The van der Waals surface area contributed by atoms with Crippen LogP contribution in [0.25, 0.3) is 33.4 Å². The first kappa shape index (κ1) is 34.7. The first-order chi connectivity index (χ1) is 25.3. The highest BCUT2D eigenvalue weighted by Gasteiger charge is 2.30. The zero-order valence-corrected chi connectivity index (χ0v) is 31.2. The largest absolute Gasteiger partial charge is 0.352 e. The van der Waals surface area contributed by atoms with E-state index in [1.54, 1.807) is 12.3 Å². The normalized spacial score (nSPS) is 16.3. The van der Waals surface area contributed by atoms with Gasteiger partial charge in [-0.3, -0.25) is 9.69 Å². The summed E-state index contributed by atoms with van der Waals surface area (Å²) >= 11 is 19.3. The molecule has 8 rings (SSSR count). The summed E-state index contributed by atoms with van der Waals surface area (Å²) < 4.78 is 2.12. The van der Waals surface area contributed by atoms with Gasteiger partial charge in [0.05, 0.1) is 34.5 Å². The number of amides is 1. The number of pyridine rings is 1. The Morgan fingerprint density at radius 2 is 1.58 bits per heavy atom. The Balaban J connectivity index is 1.20. The number of imidazole rings is 1. The molecule has 266 valence electrons. The molecule has 0 spiro atoms. The van der Waals surface area contributed by atoms with Crippen LogP contribution in [-0.2, 0) is 0 Å². The van der Waals surface area contributed by atoms with Crippen molar-refractivity contribution in [2.45, 2.75) is 51.1 Å². The van der Waals surface area contributed by atoms with Gasteiger partial charge in [-0.25, -0.2) is 9.97 Å². The predicted octanol–water partition coefficient (Wildman–Crippen LogP) is 10.4. The lowest BCUT2D eigenvalue weighted by atomic mass is 9.94. The molecule has 0 unspecified atom stereocenters. The standard InChI is InChI=1S/C41H40Cl3N7O/c1-26(27-12-14-29(42)15-13-27)51-25-46-37(28-8-4-2-5-9-28)39(51)36-33-17-16-30(43)22-34(33)47-38(36)41(52)48-35-23-31(44)24-45-40(35)50-20-18-49(19-21-50)32-10-6-3-7-11-32/h2,4-5,8-9,12-17,22-26,32,47H,3,6-7,10-11,18-21H2,1H3,(H,48,52)/t26-/m0/s1. The molecule has 1 saturated heterocycles. The van der Waals surface area contributed by atoms with Gasteiger partial charge in [-0.05, 0) is 55.7 Å². The van der Waals surface area contributed by atoms with Crippen molar-refractivity contribution < 1.29 is 4.79 Å².